The molecular formula is C11H15NO2. The van der Waals surface area contributed by atoms with Gasteiger partial charge in [-0.2, -0.15) is 0 Å². The quantitative estimate of drug-likeness (QED) is 0.591. The minimum Gasteiger partial charge on any atom is -0.494 e. The van der Waals surface area contributed by atoms with Crippen LogP contribution in [0, 0.1) is 6.92 Å². The number of aryl methyl sites for hydroxylation is 1. The normalized spacial score (nSPS) is 9.93. The first-order valence-corrected chi connectivity index (χ1v) is 4.60. The number of Topliss-reactive ketones (excluding diaryl/α,β-unsaturated/α-hetero) is 1. The highest BCUT2D eigenvalue weighted by atomic mass is 16.5. The smallest absolute Gasteiger partial charge is 0.161 e. The first-order chi connectivity index (χ1) is 6.56. The average Bonchev–Trinajstić information content (AvgIpc) is 2.10. The first kappa shape index (κ1) is 10.6. The molecule has 0 aliphatic carbocycles. The van der Waals surface area contributed by atoms with E-state index < -0.39 is 0 Å². The van der Waals surface area contributed by atoms with Gasteiger partial charge in [0.2, 0.25) is 0 Å². The molecule has 0 amide bonds. The van der Waals surface area contributed by atoms with Crippen LogP contribution in [0.1, 0.15) is 29.8 Å². The maximum Gasteiger partial charge on any atom is 0.161 e. The highest BCUT2D eigenvalue weighted by Crippen LogP contribution is 2.25. The molecule has 0 spiro atoms. The fourth-order valence-corrected chi connectivity index (χ4v) is 1.32. The second kappa shape index (κ2) is 4.13. The summed E-state index contributed by atoms with van der Waals surface area (Å²) >= 11 is 0. The molecule has 1 aromatic rings. The second-order valence-corrected chi connectivity index (χ2v) is 3.19. The fraction of sp³-hybridized carbons (Fsp3) is 0.364. The predicted molar refractivity (Wildman–Crippen MR) is 56.8 cm³/mol. The summed E-state index contributed by atoms with van der Waals surface area (Å²) in [6.07, 6.45) is 0. The Morgan fingerprint density at radius 3 is 2.64 bits per heavy atom. The van der Waals surface area contributed by atoms with Crippen LogP contribution in [0.4, 0.5) is 5.69 Å². The van der Waals surface area contributed by atoms with Crippen molar-refractivity contribution in [2.75, 3.05) is 12.3 Å². The Morgan fingerprint density at radius 1 is 1.50 bits per heavy atom. The van der Waals surface area contributed by atoms with E-state index in [9.17, 15) is 4.79 Å². The molecular weight excluding hydrogens is 178 g/mol. The molecule has 0 saturated carbocycles. The Bertz CT molecular complexity index is 359. The third kappa shape index (κ3) is 2.05. The lowest BCUT2D eigenvalue weighted by molar-refractivity contribution is 0.101. The number of hydrogen-bond acceptors (Lipinski definition) is 3. The second-order valence-electron chi connectivity index (χ2n) is 3.19. The van der Waals surface area contributed by atoms with Gasteiger partial charge in [0.15, 0.2) is 5.78 Å². The van der Waals surface area contributed by atoms with E-state index in [1.54, 1.807) is 12.1 Å². The molecule has 3 nitrogen and oxygen atoms in total. The number of carbonyl (C=O) groups is 1. The maximum absolute atomic E-state index is 11.2. The number of ketones is 1. The monoisotopic (exact) mass is 193 g/mol. The van der Waals surface area contributed by atoms with Crippen molar-refractivity contribution in [3.8, 4) is 5.75 Å². The van der Waals surface area contributed by atoms with Gasteiger partial charge in [0, 0.05) is 17.3 Å². The van der Waals surface area contributed by atoms with Crippen molar-refractivity contribution in [2.24, 2.45) is 0 Å². The molecule has 0 bridgehead atoms. The molecule has 76 valence electrons. The van der Waals surface area contributed by atoms with Crippen LogP contribution in [0.25, 0.3) is 0 Å². The summed E-state index contributed by atoms with van der Waals surface area (Å²) < 4.78 is 5.36. The SMILES string of the molecule is CCOc1cc(N)c(C(C)=O)cc1C. The molecule has 0 unspecified atom stereocenters. The standard InChI is InChI=1S/C11H15NO2/c1-4-14-11-6-10(12)9(8(3)13)5-7(11)2/h5-6H,4,12H2,1-3H3. The number of rotatable bonds is 3. The molecule has 0 fully saturated rings. The Balaban J connectivity index is 3.17. The zero-order chi connectivity index (χ0) is 10.7. The highest BCUT2D eigenvalue weighted by molar-refractivity contribution is 5.99. The van der Waals surface area contributed by atoms with Crippen LogP contribution >= 0.6 is 0 Å². The Kier molecular flexibility index (Phi) is 3.12. The van der Waals surface area contributed by atoms with Crippen molar-refractivity contribution < 1.29 is 9.53 Å². The van der Waals surface area contributed by atoms with Gasteiger partial charge in [-0.3, -0.25) is 4.79 Å². The van der Waals surface area contributed by atoms with E-state index in [1.807, 2.05) is 13.8 Å². The topological polar surface area (TPSA) is 52.3 Å². The van der Waals surface area contributed by atoms with E-state index in [0.29, 0.717) is 17.9 Å². The Hall–Kier alpha value is -1.51. The molecule has 0 radical (unpaired) electrons. The summed E-state index contributed by atoms with van der Waals surface area (Å²) in [7, 11) is 0. The van der Waals surface area contributed by atoms with Crippen molar-refractivity contribution in [2.45, 2.75) is 20.8 Å². The van der Waals surface area contributed by atoms with Gasteiger partial charge in [-0.15, -0.1) is 0 Å². The molecule has 0 aliphatic rings. The van der Waals surface area contributed by atoms with Crippen molar-refractivity contribution in [3.63, 3.8) is 0 Å². The zero-order valence-electron chi connectivity index (χ0n) is 8.76. The number of anilines is 1. The van der Waals surface area contributed by atoms with E-state index in [2.05, 4.69) is 0 Å². The van der Waals surface area contributed by atoms with Crippen LogP contribution in [0.15, 0.2) is 12.1 Å². The lowest BCUT2D eigenvalue weighted by atomic mass is 10.1. The summed E-state index contributed by atoms with van der Waals surface area (Å²) in [5.41, 5.74) is 7.70. The summed E-state index contributed by atoms with van der Waals surface area (Å²) in [5.74, 6) is 0.726. The van der Waals surface area contributed by atoms with Crippen LogP contribution in [0.3, 0.4) is 0 Å². The number of nitrogen functional groups attached to an aromatic ring is 1. The molecule has 0 aromatic heterocycles. The van der Waals surface area contributed by atoms with Gasteiger partial charge in [-0.05, 0) is 32.4 Å². The molecule has 0 saturated heterocycles. The Morgan fingerprint density at radius 2 is 2.14 bits per heavy atom. The maximum atomic E-state index is 11.2. The zero-order valence-corrected chi connectivity index (χ0v) is 8.76. The summed E-state index contributed by atoms with van der Waals surface area (Å²) in [6.45, 7) is 5.91. The van der Waals surface area contributed by atoms with Crippen LogP contribution < -0.4 is 10.5 Å². The van der Waals surface area contributed by atoms with E-state index in [0.717, 1.165) is 11.3 Å². The van der Waals surface area contributed by atoms with Gasteiger partial charge in [0.25, 0.3) is 0 Å². The minimum atomic E-state index is -0.0198. The van der Waals surface area contributed by atoms with Crippen LogP contribution in [-0.4, -0.2) is 12.4 Å². The molecule has 1 rings (SSSR count). The molecule has 2 N–H and O–H groups in total. The van der Waals surface area contributed by atoms with Gasteiger partial charge < -0.3 is 10.5 Å². The lowest BCUT2D eigenvalue weighted by Crippen LogP contribution is -2.02. The summed E-state index contributed by atoms with van der Waals surface area (Å²) in [6, 6.07) is 3.47. The molecule has 0 atom stereocenters. The lowest BCUT2D eigenvalue weighted by Gasteiger charge is -2.10. The number of ether oxygens (including phenoxy) is 1. The number of nitrogens with two attached hydrogens (primary N) is 1. The third-order valence-electron chi connectivity index (χ3n) is 2.03. The number of benzene rings is 1. The number of hydrogen-bond donors (Lipinski definition) is 1. The Labute approximate surface area is 83.9 Å². The van der Waals surface area contributed by atoms with Gasteiger partial charge in [0.05, 0.1) is 6.61 Å². The molecule has 0 aliphatic heterocycles. The van der Waals surface area contributed by atoms with Gasteiger partial charge in [0.1, 0.15) is 5.75 Å². The molecule has 3 heteroatoms. The van der Waals surface area contributed by atoms with Gasteiger partial charge in [-0.1, -0.05) is 0 Å². The molecule has 14 heavy (non-hydrogen) atoms. The number of carbonyl (C=O) groups excluding carboxylic acids is 1. The predicted octanol–water partition coefficient (Wildman–Crippen LogP) is 2.18. The van der Waals surface area contributed by atoms with Crippen molar-refractivity contribution >= 4 is 11.5 Å². The largest absolute Gasteiger partial charge is 0.494 e. The average molecular weight is 193 g/mol. The summed E-state index contributed by atoms with van der Waals surface area (Å²) in [5, 5.41) is 0. The van der Waals surface area contributed by atoms with Crippen molar-refractivity contribution in [1.82, 2.24) is 0 Å². The van der Waals surface area contributed by atoms with E-state index in [1.165, 1.54) is 6.92 Å². The molecule has 0 heterocycles. The van der Waals surface area contributed by atoms with Crippen molar-refractivity contribution in [3.05, 3.63) is 23.3 Å². The minimum absolute atomic E-state index is 0.0198. The third-order valence-corrected chi connectivity index (χ3v) is 2.03. The van der Waals surface area contributed by atoms with Crippen LogP contribution in [0.5, 0.6) is 5.75 Å². The van der Waals surface area contributed by atoms with Crippen molar-refractivity contribution in [1.29, 1.82) is 0 Å². The van der Waals surface area contributed by atoms with Gasteiger partial charge in [-0.25, -0.2) is 0 Å². The highest BCUT2D eigenvalue weighted by Gasteiger charge is 2.08. The molecule has 1 aromatic carbocycles. The van der Waals surface area contributed by atoms with E-state index in [4.69, 9.17) is 10.5 Å². The fourth-order valence-electron chi connectivity index (χ4n) is 1.32. The summed E-state index contributed by atoms with van der Waals surface area (Å²) in [4.78, 5) is 11.2. The van der Waals surface area contributed by atoms with E-state index >= 15 is 0 Å². The first-order valence-electron chi connectivity index (χ1n) is 4.60. The van der Waals surface area contributed by atoms with E-state index in [-0.39, 0.29) is 5.78 Å². The van der Waals surface area contributed by atoms with Crippen LogP contribution in [0.2, 0.25) is 0 Å². The van der Waals surface area contributed by atoms with Gasteiger partial charge >= 0.3 is 0 Å². The van der Waals surface area contributed by atoms with Crippen LogP contribution in [-0.2, 0) is 0 Å².